The molecule has 0 aliphatic heterocycles. The molecule has 1 aromatic carbocycles. The smallest absolute Gasteiger partial charge is 0.338 e. The summed E-state index contributed by atoms with van der Waals surface area (Å²) >= 11 is 5.89. The zero-order valence-electron chi connectivity index (χ0n) is 15.7. The highest BCUT2D eigenvalue weighted by atomic mass is 35.5. The Labute approximate surface area is 174 Å². The van der Waals surface area contributed by atoms with Crippen LogP contribution < -0.4 is 10.3 Å². The second-order valence-electron chi connectivity index (χ2n) is 6.28. The molecule has 9 nitrogen and oxygen atoms in total. The van der Waals surface area contributed by atoms with Crippen molar-refractivity contribution in [2.24, 2.45) is 0 Å². The summed E-state index contributed by atoms with van der Waals surface area (Å²) in [4.78, 5) is 32.8. The highest BCUT2D eigenvalue weighted by molar-refractivity contribution is 6.30. The van der Waals surface area contributed by atoms with Crippen LogP contribution in [0.2, 0.25) is 5.02 Å². The van der Waals surface area contributed by atoms with Crippen LogP contribution >= 0.6 is 11.6 Å². The summed E-state index contributed by atoms with van der Waals surface area (Å²) in [5.74, 6) is 0.876. The Morgan fingerprint density at radius 1 is 1.13 bits per heavy atom. The maximum Gasteiger partial charge on any atom is 0.338 e. The number of carbonyl (C=O) groups excluding carboxylic acids is 1. The number of pyridine rings is 1. The number of aromatic nitrogens is 4. The molecule has 0 bridgehead atoms. The van der Waals surface area contributed by atoms with Gasteiger partial charge in [0.05, 0.1) is 16.3 Å². The third-order valence-corrected chi connectivity index (χ3v) is 4.28. The van der Waals surface area contributed by atoms with Gasteiger partial charge in [0.1, 0.15) is 18.0 Å². The lowest BCUT2D eigenvalue weighted by Crippen LogP contribution is -2.16. The summed E-state index contributed by atoms with van der Waals surface area (Å²) in [6, 6.07) is 11.0. The Kier molecular flexibility index (Phi) is 5.44. The standard InChI is InChI=1S/C20H15ClN4O5/c1-12-22-17(24-30-12)11-28-16-5-2-13(3-6-16)20(27)29-10-15-8-19(26)25-9-14(21)4-7-18(25)23-15/h2-9H,10-11H2,1H3. The van der Waals surface area contributed by atoms with Crippen molar-refractivity contribution in [3.05, 3.63) is 87.0 Å². The van der Waals surface area contributed by atoms with Crippen LogP contribution in [0.1, 0.15) is 27.8 Å². The number of benzene rings is 1. The van der Waals surface area contributed by atoms with Crippen molar-refractivity contribution in [1.29, 1.82) is 0 Å². The van der Waals surface area contributed by atoms with E-state index in [2.05, 4.69) is 15.1 Å². The zero-order chi connectivity index (χ0) is 21.1. The first-order chi connectivity index (χ1) is 14.5. The molecule has 10 heteroatoms. The number of fused-ring (bicyclic) bond motifs is 1. The van der Waals surface area contributed by atoms with Crippen LogP contribution in [0.5, 0.6) is 5.75 Å². The fourth-order valence-electron chi connectivity index (χ4n) is 2.66. The Bertz CT molecular complexity index is 1270. The zero-order valence-corrected chi connectivity index (χ0v) is 16.5. The van der Waals surface area contributed by atoms with Gasteiger partial charge in [0, 0.05) is 19.2 Å². The highest BCUT2D eigenvalue weighted by Crippen LogP contribution is 2.15. The van der Waals surface area contributed by atoms with E-state index in [-0.39, 0.29) is 18.8 Å². The van der Waals surface area contributed by atoms with Gasteiger partial charge in [-0.2, -0.15) is 4.98 Å². The average Bonchev–Trinajstić information content (AvgIpc) is 3.16. The summed E-state index contributed by atoms with van der Waals surface area (Å²) in [7, 11) is 0. The van der Waals surface area contributed by atoms with E-state index in [1.807, 2.05) is 0 Å². The molecule has 152 valence electrons. The molecular weight excluding hydrogens is 412 g/mol. The van der Waals surface area contributed by atoms with E-state index in [4.69, 9.17) is 25.6 Å². The number of rotatable bonds is 6. The molecule has 0 aliphatic rings. The maximum absolute atomic E-state index is 12.3. The number of aryl methyl sites for hydroxylation is 1. The summed E-state index contributed by atoms with van der Waals surface area (Å²) in [5.41, 5.74) is 0.774. The normalized spacial score (nSPS) is 10.9. The van der Waals surface area contributed by atoms with Gasteiger partial charge in [0.2, 0.25) is 11.7 Å². The lowest BCUT2D eigenvalue weighted by molar-refractivity contribution is 0.0467. The van der Waals surface area contributed by atoms with E-state index in [1.165, 1.54) is 16.7 Å². The first-order valence-corrected chi connectivity index (χ1v) is 9.23. The number of carbonyl (C=O) groups is 1. The maximum atomic E-state index is 12.3. The molecule has 0 N–H and O–H groups in total. The highest BCUT2D eigenvalue weighted by Gasteiger charge is 2.10. The molecule has 3 aromatic heterocycles. The third-order valence-electron chi connectivity index (χ3n) is 4.06. The van der Waals surface area contributed by atoms with E-state index < -0.39 is 5.97 Å². The van der Waals surface area contributed by atoms with E-state index >= 15 is 0 Å². The molecule has 4 aromatic rings. The van der Waals surface area contributed by atoms with Crippen LogP contribution in [0.25, 0.3) is 5.65 Å². The monoisotopic (exact) mass is 426 g/mol. The molecule has 0 aliphatic carbocycles. The van der Waals surface area contributed by atoms with E-state index in [0.29, 0.717) is 39.4 Å². The van der Waals surface area contributed by atoms with Crippen LogP contribution in [0.3, 0.4) is 0 Å². The van der Waals surface area contributed by atoms with E-state index in [1.54, 1.807) is 43.3 Å². The molecule has 0 saturated heterocycles. The fourth-order valence-corrected chi connectivity index (χ4v) is 2.82. The molecule has 0 atom stereocenters. The molecule has 3 heterocycles. The van der Waals surface area contributed by atoms with Crippen LogP contribution in [-0.4, -0.2) is 25.5 Å². The summed E-state index contributed by atoms with van der Waals surface area (Å²) in [5, 5.41) is 4.16. The van der Waals surface area contributed by atoms with Crippen molar-refractivity contribution in [2.45, 2.75) is 20.1 Å². The van der Waals surface area contributed by atoms with Gasteiger partial charge in [-0.3, -0.25) is 9.20 Å². The minimum absolute atomic E-state index is 0.136. The molecule has 0 unspecified atom stereocenters. The van der Waals surface area contributed by atoms with Gasteiger partial charge in [-0.25, -0.2) is 9.78 Å². The van der Waals surface area contributed by atoms with Crippen molar-refractivity contribution < 1.29 is 18.8 Å². The van der Waals surface area contributed by atoms with Crippen molar-refractivity contribution >= 4 is 23.2 Å². The SMILES string of the molecule is Cc1nc(COc2ccc(C(=O)OCc3cc(=O)n4cc(Cl)ccc4n3)cc2)no1. The number of halogens is 1. The van der Waals surface area contributed by atoms with Crippen LogP contribution in [0.15, 0.2) is 58.0 Å². The molecule has 0 saturated carbocycles. The van der Waals surface area contributed by atoms with E-state index in [0.717, 1.165) is 0 Å². The Morgan fingerprint density at radius 2 is 1.93 bits per heavy atom. The molecule has 0 spiro atoms. The number of hydrogen-bond donors (Lipinski definition) is 0. The number of hydrogen-bond acceptors (Lipinski definition) is 8. The molecule has 30 heavy (non-hydrogen) atoms. The van der Waals surface area contributed by atoms with Gasteiger partial charge in [-0.15, -0.1) is 0 Å². The average molecular weight is 427 g/mol. The molecule has 4 rings (SSSR count). The Morgan fingerprint density at radius 3 is 2.67 bits per heavy atom. The van der Waals surface area contributed by atoms with Crippen molar-refractivity contribution in [3.63, 3.8) is 0 Å². The summed E-state index contributed by atoms with van der Waals surface area (Å²) in [6.07, 6.45) is 1.48. The molecule has 0 amide bonds. The third kappa shape index (κ3) is 4.47. The fraction of sp³-hybridized carbons (Fsp3) is 0.150. The largest absolute Gasteiger partial charge is 0.485 e. The summed E-state index contributed by atoms with van der Waals surface area (Å²) < 4.78 is 17.0. The van der Waals surface area contributed by atoms with Gasteiger partial charge in [-0.05, 0) is 36.4 Å². The van der Waals surface area contributed by atoms with Gasteiger partial charge in [-0.1, -0.05) is 16.8 Å². The van der Waals surface area contributed by atoms with Crippen LogP contribution in [0.4, 0.5) is 0 Å². The Balaban J connectivity index is 1.37. The topological polar surface area (TPSA) is 109 Å². The van der Waals surface area contributed by atoms with Crippen LogP contribution in [0, 0.1) is 6.92 Å². The molecular formula is C20H15ClN4O5. The predicted octanol–water partition coefficient (Wildman–Crippen LogP) is 2.98. The Hall–Kier alpha value is -3.72. The minimum atomic E-state index is -0.548. The van der Waals surface area contributed by atoms with Gasteiger partial charge in [0.25, 0.3) is 5.56 Å². The first kappa shape index (κ1) is 19.6. The summed E-state index contributed by atoms with van der Waals surface area (Å²) in [6.45, 7) is 1.70. The van der Waals surface area contributed by atoms with Crippen molar-refractivity contribution in [2.75, 3.05) is 0 Å². The second-order valence-corrected chi connectivity index (χ2v) is 6.72. The minimum Gasteiger partial charge on any atom is -0.485 e. The number of nitrogens with zero attached hydrogens (tertiary/aromatic N) is 4. The van der Waals surface area contributed by atoms with Crippen molar-refractivity contribution in [3.8, 4) is 5.75 Å². The predicted molar refractivity (Wildman–Crippen MR) is 105 cm³/mol. The molecule has 0 fully saturated rings. The van der Waals surface area contributed by atoms with Crippen molar-refractivity contribution in [1.82, 2.24) is 19.5 Å². The lowest BCUT2D eigenvalue weighted by Gasteiger charge is -2.07. The van der Waals surface area contributed by atoms with Crippen LogP contribution in [-0.2, 0) is 18.0 Å². The van der Waals surface area contributed by atoms with Gasteiger partial charge < -0.3 is 14.0 Å². The molecule has 0 radical (unpaired) electrons. The lowest BCUT2D eigenvalue weighted by atomic mass is 10.2. The van der Waals surface area contributed by atoms with Gasteiger partial charge in [0.15, 0.2) is 6.61 Å². The second kappa shape index (κ2) is 8.34. The van der Waals surface area contributed by atoms with Gasteiger partial charge >= 0.3 is 5.97 Å². The number of ether oxygens (including phenoxy) is 2. The van der Waals surface area contributed by atoms with E-state index in [9.17, 15) is 9.59 Å². The quantitative estimate of drug-likeness (QED) is 0.433. The first-order valence-electron chi connectivity index (χ1n) is 8.85. The number of esters is 1.